The molecule has 0 aliphatic rings. The minimum Gasteiger partial charge on any atom is -0.479 e. The van der Waals surface area contributed by atoms with Crippen LogP contribution in [0.3, 0.4) is 0 Å². The van der Waals surface area contributed by atoms with E-state index >= 15 is 0 Å². The lowest BCUT2D eigenvalue weighted by Crippen LogP contribution is -2.34. The molecule has 1 heterocycles. The summed E-state index contributed by atoms with van der Waals surface area (Å²) in [4.78, 5) is 3.99. The maximum atomic E-state index is 13.8. The first-order chi connectivity index (χ1) is 11.8. The van der Waals surface area contributed by atoms with E-state index in [2.05, 4.69) is 4.98 Å². The molecule has 0 spiro atoms. The maximum absolute atomic E-state index is 13.8. The van der Waals surface area contributed by atoms with Crippen molar-refractivity contribution < 1.29 is 22.3 Å². The average Bonchev–Trinajstić information content (AvgIpc) is 2.55. The number of hydrogen-bond donors (Lipinski definition) is 0. The van der Waals surface area contributed by atoms with E-state index in [4.69, 9.17) is 16.3 Å². The van der Waals surface area contributed by atoms with Crippen molar-refractivity contribution in [2.45, 2.75) is 24.0 Å². The summed E-state index contributed by atoms with van der Waals surface area (Å²) >= 11 is 6.54. The fraction of sp³-hybridized carbons (Fsp3) is 0.312. The number of pyridine rings is 1. The van der Waals surface area contributed by atoms with Crippen LogP contribution in [0.1, 0.15) is 18.5 Å². The van der Waals surface area contributed by atoms with Crippen molar-refractivity contribution in [3.63, 3.8) is 0 Å². The average molecular weight is 395 g/mol. The Morgan fingerprint density at radius 3 is 2.40 bits per heavy atom. The first-order valence-electron chi connectivity index (χ1n) is 7.22. The molecule has 0 aliphatic carbocycles. The summed E-state index contributed by atoms with van der Waals surface area (Å²) < 4.78 is 60.5. The Labute approximate surface area is 152 Å². The molecule has 0 N–H and O–H groups in total. The molecule has 0 saturated carbocycles. The van der Waals surface area contributed by atoms with Gasteiger partial charge in [-0.2, -0.15) is 13.2 Å². The van der Waals surface area contributed by atoms with Gasteiger partial charge in [0.05, 0.1) is 7.11 Å². The van der Waals surface area contributed by atoms with Crippen LogP contribution in [0.2, 0.25) is 5.02 Å². The molecule has 0 unspecified atom stereocenters. The van der Waals surface area contributed by atoms with Crippen LogP contribution in [0.4, 0.5) is 17.6 Å². The van der Waals surface area contributed by atoms with E-state index < -0.39 is 18.0 Å². The number of halogens is 5. The summed E-state index contributed by atoms with van der Waals surface area (Å²) in [5.41, 5.74) is 0.0493. The zero-order valence-electron chi connectivity index (χ0n) is 13.3. The minimum atomic E-state index is -4.52. The highest BCUT2D eigenvalue weighted by Crippen LogP contribution is 2.43. The highest BCUT2D eigenvalue weighted by atomic mass is 35.5. The van der Waals surface area contributed by atoms with Crippen molar-refractivity contribution in [3.8, 4) is 5.88 Å². The molecule has 1 aromatic carbocycles. The predicted octanol–water partition coefficient (Wildman–Crippen LogP) is 5.52. The molecule has 0 bridgehead atoms. The quantitative estimate of drug-likeness (QED) is 0.476. The Morgan fingerprint density at radius 2 is 1.92 bits per heavy atom. The molecule has 0 amide bonds. The van der Waals surface area contributed by atoms with Gasteiger partial charge in [-0.3, -0.25) is 0 Å². The fourth-order valence-corrected chi connectivity index (χ4v) is 3.34. The minimum absolute atomic E-state index is 0.0493. The van der Waals surface area contributed by atoms with E-state index in [-0.39, 0.29) is 22.9 Å². The van der Waals surface area contributed by atoms with E-state index in [1.54, 1.807) is 6.92 Å². The van der Waals surface area contributed by atoms with Crippen molar-refractivity contribution >= 4 is 23.5 Å². The van der Waals surface area contributed by atoms with Crippen LogP contribution in [-0.4, -0.2) is 29.1 Å². The summed E-state index contributed by atoms with van der Waals surface area (Å²) in [7, 11) is 1.26. The van der Waals surface area contributed by atoms with E-state index in [1.165, 1.54) is 37.6 Å². The number of nitrogens with zero attached hydrogens (tertiary/aromatic N) is 2. The Morgan fingerprint density at radius 1 is 1.28 bits per heavy atom. The maximum Gasteiger partial charge on any atom is 0.408 e. The van der Waals surface area contributed by atoms with E-state index in [0.717, 1.165) is 22.3 Å². The first kappa shape index (κ1) is 19.8. The molecular formula is C16H15ClF4N2OS. The number of hydrogen-bond acceptors (Lipinski definition) is 4. The van der Waals surface area contributed by atoms with Crippen molar-refractivity contribution in [3.05, 3.63) is 52.9 Å². The smallest absolute Gasteiger partial charge is 0.408 e. The van der Waals surface area contributed by atoms with Gasteiger partial charge in [-0.1, -0.05) is 30.7 Å². The molecule has 136 valence electrons. The van der Waals surface area contributed by atoms with Crippen LogP contribution in [-0.2, 0) is 0 Å². The topological polar surface area (TPSA) is 25.4 Å². The van der Waals surface area contributed by atoms with Crippen LogP contribution in [0.15, 0.2) is 41.4 Å². The number of ether oxygens (including phenoxy) is 1. The molecule has 3 nitrogen and oxygen atoms in total. The summed E-state index contributed by atoms with van der Waals surface area (Å²) in [5, 5.41) is 0.349. The molecule has 0 saturated heterocycles. The highest BCUT2D eigenvalue weighted by molar-refractivity contribution is 7.97. The van der Waals surface area contributed by atoms with Crippen LogP contribution >= 0.6 is 23.5 Å². The summed E-state index contributed by atoms with van der Waals surface area (Å²) in [6, 6.07) is 4.69. The normalized spacial score (nSPS) is 13.1. The van der Waals surface area contributed by atoms with Crippen molar-refractivity contribution in [1.29, 1.82) is 0 Å². The lowest BCUT2D eigenvalue weighted by atomic mass is 10.1. The molecule has 0 radical (unpaired) electrons. The second-order valence-corrected chi connectivity index (χ2v) is 6.54. The Hall–Kier alpha value is -1.51. The molecule has 1 aromatic heterocycles. The van der Waals surface area contributed by atoms with E-state index in [9.17, 15) is 17.6 Å². The first-order valence-corrected chi connectivity index (χ1v) is 8.37. The molecule has 25 heavy (non-hydrogen) atoms. The van der Waals surface area contributed by atoms with Gasteiger partial charge in [-0.25, -0.2) is 13.7 Å². The Kier molecular flexibility index (Phi) is 6.53. The van der Waals surface area contributed by atoms with Gasteiger partial charge in [0.25, 0.3) is 0 Å². The Balaban J connectivity index is 2.33. The van der Waals surface area contributed by atoms with Gasteiger partial charge in [-0.15, -0.1) is 0 Å². The van der Waals surface area contributed by atoms with Gasteiger partial charge in [0, 0.05) is 22.7 Å². The van der Waals surface area contributed by atoms with Crippen LogP contribution in [0.25, 0.3) is 0 Å². The lowest BCUT2D eigenvalue weighted by molar-refractivity contribution is -0.172. The molecule has 2 aromatic rings. The van der Waals surface area contributed by atoms with Crippen LogP contribution in [0.5, 0.6) is 5.88 Å². The molecule has 2 rings (SSSR count). The number of rotatable bonds is 6. The predicted molar refractivity (Wildman–Crippen MR) is 89.2 cm³/mol. The van der Waals surface area contributed by atoms with E-state index in [0.29, 0.717) is 5.02 Å². The summed E-state index contributed by atoms with van der Waals surface area (Å²) in [6.07, 6.45) is -3.25. The standard InChI is InChI=1S/C16H15ClF4N2OS/c1-3-23(25-12-8-13(18)15(24-2)22-9-12)14(16(19,20)21)10-4-6-11(17)7-5-10/h4-9,14H,3H2,1-2H3/t14-/m1/s1. The zero-order valence-corrected chi connectivity index (χ0v) is 14.9. The number of methoxy groups -OCH3 is 1. The van der Waals surface area contributed by atoms with Crippen molar-refractivity contribution in [2.75, 3.05) is 13.7 Å². The second kappa shape index (κ2) is 8.25. The lowest BCUT2D eigenvalue weighted by Gasteiger charge is -2.31. The number of benzene rings is 1. The second-order valence-electron chi connectivity index (χ2n) is 4.98. The monoisotopic (exact) mass is 394 g/mol. The van der Waals surface area contributed by atoms with Gasteiger partial charge < -0.3 is 4.74 Å². The SMILES string of the molecule is CCN(Sc1cnc(OC)c(F)c1)[C@H](c1ccc(Cl)cc1)C(F)(F)F. The van der Waals surface area contributed by atoms with Gasteiger partial charge in [-0.05, 0) is 35.7 Å². The van der Waals surface area contributed by atoms with Crippen LogP contribution < -0.4 is 4.74 Å². The molecule has 0 aliphatic heterocycles. The number of alkyl halides is 3. The third-order valence-electron chi connectivity index (χ3n) is 3.29. The molecule has 0 fully saturated rings. The van der Waals surface area contributed by atoms with Crippen LogP contribution in [0, 0.1) is 5.82 Å². The molecular weight excluding hydrogens is 380 g/mol. The third-order valence-corrected chi connectivity index (χ3v) is 4.68. The summed E-state index contributed by atoms with van der Waals surface area (Å²) in [5.74, 6) is -0.948. The molecule has 9 heteroatoms. The van der Waals surface area contributed by atoms with Gasteiger partial charge in [0.15, 0.2) is 5.82 Å². The van der Waals surface area contributed by atoms with Gasteiger partial charge in [0.1, 0.15) is 6.04 Å². The fourth-order valence-electron chi connectivity index (χ4n) is 2.21. The number of aromatic nitrogens is 1. The largest absolute Gasteiger partial charge is 0.479 e. The molecule has 1 atom stereocenters. The van der Waals surface area contributed by atoms with Crippen molar-refractivity contribution in [1.82, 2.24) is 9.29 Å². The third kappa shape index (κ3) is 4.99. The summed E-state index contributed by atoms with van der Waals surface area (Å²) in [6.45, 7) is 1.67. The van der Waals surface area contributed by atoms with Gasteiger partial charge >= 0.3 is 6.18 Å². The van der Waals surface area contributed by atoms with Gasteiger partial charge in [0.2, 0.25) is 5.88 Å². The zero-order chi connectivity index (χ0) is 18.6. The highest BCUT2D eigenvalue weighted by Gasteiger charge is 2.44. The Bertz CT molecular complexity index is 712. The van der Waals surface area contributed by atoms with E-state index in [1.807, 2.05) is 0 Å². The van der Waals surface area contributed by atoms with Crippen molar-refractivity contribution in [2.24, 2.45) is 0 Å².